The Morgan fingerprint density at radius 2 is 2.09 bits per heavy atom. The van der Waals surface area contributed by atoms with Gasteiger partial charge in [-0.05, 0) is 22.6 Å². The molecule has 0 N–H and O–H groups in total. The number of tetrazole rings is 1. The van der Waals surface area contributed by atoms with Crippen LogP contribution in [0.2, 0.25) is 0 Å². The maximum absolute atomic E-state index is 12.2. The van der Waals surface area contributed by atoms with Gasteiger partial charge in [-0.1, -0.05) is 0 Å². The molecule has 9 heteroatoms. The summed E-state index contributed by atoms with van der Waals surface area (Å²) in [4.78, 5) is 20.7. The van der Waals surface area contributed by atoms with Gasteiger partial charge in [0.15, 0.2) is 0 Å². The third-order valence-corrected chi connectivity index (χ3v) is 3.83. The average Bonchev–Trinajstić information content (AvgIpc) is 3.09. The van der Waals surface area contributed by atoms with Gasteiger partial charge < -0.3 is 9.64 Å². The van der Waals surface area contributed by atoms with E-state index in [1.165, 1.54) is 11.0 Å². The monoisotopic (exact) mass is 317 g/mol. The molecule has 0 aromatic carbocycles. The summed E-state index contributed by atoms with van der Waals surface area (Å²) in [6.07, 6.45) is 3.17. The number of pyridine rings is 1. The molecular formula is C14H19N7O2. The minimum atomic E-state index is 0.0412. The number of aromatic nitrogens is 5. The van der Waals surface area contributed by atoms with Crippen molar-refractivity contribution >= 4 is 5.91 Å². The predicted molar refractivity (Wildman–Crippen MR) is 80.5 cm³/mol. The number of nitrogens with zero attached hydrogens (tertiary/aromatic N) is 7. The number of amides is 1. The van der Waals surface area contributed by atoms with Gasteiger partial charge >= 0.3 is 0 Å². The highest BCUT2D eigenvalue weighted by atomic mass is 16.5. The number of carbonyl (C=O) groups is 1. The molecule has 23 heavy (non-hydrogen) atoms. The summed E-state index contributed by atoms with van der Waals surface area (Å²) in [7, 11) is 1.63. The molecule has 0 aliphatic carbocycles. The first-order chi connectivity index (χ1) is 11.2. The molecule has 0 bridgehead atoms. The van der Waals surface area contributed by atoms with Crippen LogP contribution in [-0.4, -0.2) is 74.2 Å². The van der Waals surface area contributed by atoms with Gasteiger partial charge in [-0.15, -0.1) is 5.10 Å². The van der Waals surface area contributed by atoms with Gasteiger partial charge in [-0.3, -0.25) is 14.7 Å². The molecule has 0 saturated carbocycles. The number of rotatable bonds is 5. The summed E-state index contributed by atoms with van der Waals surface area (Å²) in [6.45, 7) is 4.03. The van der Waals surface area contributed by atoms with Crippen LogP contribution in [0.3, 0.4) is 0 Å². The third-order valence-electron chi connectivity index (χ3n) is 3.83. The highest BCUT2D eigenvalue weighted by molar-refractivity contribution is 5.75. The van der Waals surface area contributed by atoms with Crippen LogP contribution in [0, 0.1) is 0 Å². The second kappa shape index (κ2) is 7.14. The summed E-state index contributed by atoms with van der Waals surface area (Å²) in [5, 5.41) is 10.8. The number of ether oxygens (including phenoxy) is 1. The van der Waals surface area contributed by atoms with E-state index in [2.05, 4.69) is 25.4 Å². The Labute approximate surface area is 133 Å². The van der Waals surface area contributed by atoms with Crippen molar-refractivity contribution in [3.05, 3.63) is 30.4 Å². The lowest BCUT2D eigenvalue weighted by molar-refractivity contribution is -0.133. The zero-order valence-corrected chi connectivity index (χ0v) is 13.0. The molecule has 1 fully saturated rings. The van der Waals surface area contributed by atoms with Crippen LogP contribution in [0.5, 0.6) is 5.75 Å². The fourth-order valence-electron chi connectivity index (χ4n) is 2.50. The second-order valence-corrected chi connectivity index (χ2v) is 5.35. The van der Waals surface area contributed by atoms with Crippen molar-refractivity contribution < 1.29 is 9.53 Å². The van der Waals surface area contributed by atoms with Gasteiger partial charge in [0, 0.05) is 32.7 Å². The van der Waals surface area contributed by atoms with Gasteiger partial charge in [0.2, 0.25) is 5.91 Å². The highest BCUT2D eigenvalue weighted by Crippen LogP contribution is 2.11. The highest BCUT2D eigenvalue weighted by Gasteiger charge is 2.21. The van der Waals surface area contributed by atoms with E-state index < -0.39 is 0 Å². The van der Waals surface area contributed by atoms with E-state index in [-0.39, 0.29) is 12.5 Å². The van der Waals surface area contributed by atoms with E-state index in [4.69, 9.17) is 4.74 Å². The quantitative estimate of drug-likeness (QED) is 0.729. The first-order valence-electron chi connectivity index (χ1n) is 7.44. The van der Waals surface area contributed by atoms with Crippen molar-refractivity contribution in [1.29, 1.82) is 0 Å². The van der Waals surface area contributed by atoms with E-state index >= 15 is 0 Å². The Morgan fingerprint density at radius 3 is 2.70 bits per heavy atom. The number of piperazine rings is 1. The SMILES string of the molecule is COc1ccc(CN2CCN(C(=O)Cn3cnnn3)CC2)nc1. The fraction of sp³-hybridized carbons (Fsp3) is 0.500. The van der Waals surface area contributed by atoms with Gasteiger partial charge in [-0.2, -0.15) is 0 Å². The van der Waals surface area contributed by atoms with E-state index in [1.54, 1.807) is 13.3 Å². The standard InChI is InChI=1S/C14H19N7O2/c1-23-13-3-2-12(15-8-13)9-19-4-6-20(7-5-19)14(22)10-21-11-16-17-18-21/h2-3,8,11H,4-7,9-10H2,1H3. The molecule has 9 nitrogen and oxygen atoms in total. The molecule has 3 heterocycles. The molecule has 1 aliphatic heterocycles. The molecule has 2 aromatic heterocycles. The topological polar surface area (TPSA) is 89.3 Å². The van der Waals surface area contributed by atoms with Crippen LogP contribution in [-0.2, 0) is 17.9 Å². The lowest BCUT2D eigenvalue weighted by Gasteiger charge is -2.34. The van der Waals surface area contributed by atoms with Crippen LogP contribution in [0.25, 0.3) is 0 Å². The summed E-state index contributed by atoms with van der Waals surface area (Å²) >= 11 is 0. The van der Waals surface area contributed by atoms with Crippen LogP contribution < -0.4 is 4.74 Å². The van der Waals surface area contributed by atoms with Crippen molar-refractivity contribution in [3.63, 3.8) is 0 Å². The molecular weight excluding hydrogens is 298 g/mol. The van der Waals surface area contributed by atoms with Crippen molar-refractivity contribution in [1.82, 2.24) is 35.0 Å². The van der Waals surface area contributed by atoms with Crippen molar-refractivity contribution in [2.24, 2.45) is 0 Å². The molecule has 2 aromatic rings. The molecule has 0 spiro atoms. The van der Waals surface area contributed by atoms with Gasteiger partial charge in [-0.25, -0.2) is 4.68 Å². The maximum Gasteiger partial charge on any atom is 0.244 e. The zero-order valence-electron chi connectivity index (χ0n) is 13.0. The van der Waals surface area contributed by atoms with Gasteiger partial charge in [0.1, 0.15) is 18.6 Å². The summed E-state index contributed by atoms with van der Waals surface area (Å²) in [5.41, 5.74) is 0.999. The Kier molecular flexibility index (Phi) is 4.77. The second-order valence-electron chi connectivity index (χ2n) is 5.35. The smallest absolute Gasteiger partial charge is 0.244 e. The Hall–Kier alpha value is -2.55. The zero-order chi connectivity index (χ0) is 16.1. The average molecular weight is 317 g/mol. The molecule has 122 valence electrons. The lowest BCUT2D eigenvalue weighted by atomic mass is 10.2. The van der Waals surface area contributed by atoms with Crippen LogP contribution >= 0.6 is 0 Å². The molecule has 0 radical (unpaired) electrons. The minimum absolute atomic E-state index is 0.0412. The Balaban J connectivity index is 1.47. The van der Waals surface area contributed by atoms with E-state index in [1.807, 2.05) is 17.0 Å². The van der Waals surface area contributed by atoms with Crippen LogP contribution in [0.4, 0.5) is 0 Å². The number of hydrogen-bond acceptors (Lipinski definition) is 7. The van der Waals surface area contributed by atoms with E-state index in [9.17, 15) is 4.79 Å². The maximum atomic E-state index is 12.2. The fourth-order valence-corrected chi connectivity index (χ4v) is 2.50. The van der Waals surface area contributed by atoms with Crippen molar-refractivity contribution in [2.45, 2.75) is 13.1 Å². The first-order valence-corrected chi connectivity index (χ1v) is 7.44. The molecule has 3 rings (SSSR count). The molecule has 1 aliphatic rings. The molecule has 1 amide bonds. The molecule has 0 unspecified atom stereocenters. The Bertz CT molecular complexity index is 621. The predicted octanol–water partition coefficient (Wildman–Crippen LogP) is -0.579. The van der Waals surface area contributed by atoms with E-state index in [0.29, 0.717) is 13.1 Å². The van der Waals surface area contributed by atoms with Gasteiger partial charge in [0.05, 0.1) is 19.0 Å². The summed E-state index contributed by atoms with van der Waals surface area (Å²) in [5.74, 6) is 0.797. The molecule has 1 saturated heterocycles. The lowest BCUT2D eigenvalue weighted by Crippen LogP contribution is -2.49. The number of methoxy groups -OCH3 is 1. The number of carbonyl (C=O) groups excluding carboxylic acids is 1. The van der Waals surface area contributed by atoms with E-state index in [0.717, 1.165) is 31.1 Å². The number of hydrogen-bond donors (Lipinski definition) is 0. The van der Waals surface area contributed by atoms with Crippen LogP contribution in [0.1, 0.15) is 5.69 Å². The van der Waals surface area contributed by atoms with Crippen molar-refractivity contribution in [2.75, 3.05) is 33.3 Å². The van der Waals surface area contributed by atoms with Crippen molar-refractivity contribution in [3.8, 4) is 5.75 Å². The minimum Gasteiger partial charge on any atom is -0.495 e. The summed E-state index contributed by atoms with van der Waals surface area (Å²) < 4.78 is 6.55. The van der Waals surface area contributed by atoms with Gasteiger partial charge in [0.25, 0.3) is 0 Å². The Morgan fingerprint density at radius 1 is 1.26 bits per heavy atom. The first kappa shape index (κ1) is 15.3. The van der Waals surface area contributed by atoms with Crippen LogP contribution in [0.15, 0.2) is 24.7 Å². The normalized spacial score (nSPS) is 15.6. The third kappa shape index (κ3) is 4.01. The molecule has 0 atom stereocenters. The summed E-state index contributed by atoms with van der Waals surface area (Å²) in [6, 6.07) is 3.88. The largest absolute Gasteiger partial charge is 0.495 e.